The third kappa shape index (κ3) is 25.1. The molecule has 0 radical (unpaired) electrons. The summed E-state index contributed by atoms with van der Waals surface area (Å²) < 4.78 is 0. The largest absolute Gasteiger partial charge is 0.481 e. The Bertz CT molecular complexity index is 305. The summed E-state index contributed by atoms with van der Waals surface area (Å²) in [5.74, 6) is -2.85. The summed E-state index contributed by atoms with van der Waals surface area (Å²) in [5.41, 5.74) is 0. The molecule has 156 valence electrons. The normalized spacial score (nSPS) is 11.5. The SMILES string of the molecule is CCCCCCCCCCCCCCCCO.O=C(O)CC(O)C(=O)O. The minimum absolute atomic E-state index is 0.373. The average Bonchev–Trinajstić information content (AvgIpc) is 2.59. The second kappa shape index (κ2) is 21.9. The molecule has 1 unspecified atom stereocenters. The topological polar surface area (TPSA) is 115 Å². The van der Waals surface area contributed by atoms with Crippen molar-refractivity contribution in [3.8, 4) is 0 Å². The van der Waals surface area contributed by atoms with Gasteiger partial charge in [0, 0.05) is 6.61 Å². The fourth-order valence-corrected chi connectivity index (χ4v) is 2.56. The van der Waals surface area contributed by atoms with Crippen molar-refractivity contribution in [2.45, 2.75) is 109 Å². The Hall–Kier alpha value is -1.14. The van der Waals surface area contributed by atoms with E-state index in [0.717, 1.165) is 6.42 Å². The van der Waals surface area contributed by atoms with Gasteiger partial charge < -0.3 is 20.4 Å². The third-order valence-electron chi connectivity index (χ3n) is 4.16. The zero-order valence-electron chi connectivity index (χ0n) is 16.5. The molecule has 6 nitrogen and oxygen atoms in total. The first-order valence-corrected chi connectivity index (χ1v) is 10.2. The van der Waals surface area contributed by atoms with Gasteiger partial charge in [0.15, 0.2) is 6.10 Å². The van der Waals surface area contributed by atoms with E-state index >= 15 is 0 Å². The minimum atomic E-state index is -1.79. The second-order valence-corrected chi connectivity index (χ2v) is 6.77. The van der Waals surface area contributed by atoms with Crippen LogP contribution in [0, 0.1) is 0 Å². The van der Waals surface area contributed by atoms with Crippen LogP contribution in [0.4, 0.5) is 0 Å². The van der Waals surface area contributed by atoms with Crippen LogP contribution in [0.25, 0.3) is 0 Å². The predicted octanol–water partition coefficient (Wildman–Crippen LogP) is 4.37. The molecule has 26 heavy (non-hydrogen) atoms. The van der Waals surface area contributed by atoms with E-state index in [-0.39, 0.29) is 0 Å². The first kappa shape index (κ1) is 27.1. The van der Waals surface area contributed by atoms with Crippen LogP contribution in [-0.4, -0.2) is 45.1 Å². The second-order valence-electron chi connectivity index (χ2n) is 6.77. The molecule has 0 aromatic rings. The van der Waals surface area contributed by atoms with Crippen LogP contribution in [0.2, 0.25) is 0 Å². The molecule has 0 aliphatic heterocycles. The number of unbranched alkanes of at least 4 members (excludes halogenated alkanes) is 13. The van der Waals surface area contributed by atoms with Crippen molar-refractivity contribution < 1.29 is 30.0 Å². The Labute approximate surface area is 158 Å². The van der Waals surface area contributed by atoms with Gasteiger partial charge in [0.05, 0.1) is 6.42 Å². The molecule has 0 aromatic carbocycles. The Kier molecular flexibility index (Phi) is 22.8. The molecule has 6 heteroatoms. The number of carboxylic acid groups (broad SMARTS) is 2. The van der Waals surface area contributed by atoms with Gasteiger partial charge in [-0.05, 0) is 6.42 Å². The van der Waals surface area contributed by atoms with E-state index in [1.807, 2.05) is 0 Å². The van der Waals surface area contributed by atoms with Crippen LogP contribution in [0.1, 0.15) is 103 Å². The van der Waals surface area contributed by atoms with Crippen molar-refractivity contribution in [2.24, 2.45) is 0 Å². The lowest BCUT2D eigenvalue weighted by Gasteiger charge is -2.02. The zero-order chi connectivity index (χ0) is 20.0. The van der Waals surface area contributed by atoms with Gasteiger partial charge in [0.25, 0.3) is 0 Å². The highest BCUT2D eigenvalue weighted by atomic mass is 16.4. The number of carboxylic acids is 2. The fourth-order valence-electron chi connectivity index (χ4n) is 2.56. The van der Waals surface area contributed by atoms with Crippen LogP contribution in [0.3, 0.4) is 0 Å². The van der Waals surface area contributed by atoms with Crippen molar-refractivity contribution in [2.75, 3.05) is 6.61 Å². The number of aliphatic hydroxyl groups is 2. The molecule has 0 aromatic heterocycles. The highest BCUT2D eigenvalue weighted by Gasteiger charge is 2.16. The lowest BCUT2D eigenvalue weighted by atomic mass is 10.0. The Morgan fingerprint density at radius 1 is 0.692 bits per heavy atom. The van der Waals surface area contributed by atoms with E-state index < -0.39 is 24.5 Å². The molecular formula is C20H40O6. The van der Waals surface area contributed by atoms with Crippen molar-refractivity contribution in [1.82, 2.24) is 0 Å². The van der Waals surface area contributed by atoms with Crippen molar-refractivity contribution in [1.29, 1.82) is 0 Å². The standard InChI is InChI=1S/C16H34O.C4H6O5/c1-2-3-4-5-6-7-8-9-10-11-12-13-14-15-16-17;5-2(4(8)9)1-3(6)7/h17H,2-16H2,1H3;2,5H,1H2,(H,6,7)(H,8,9). The molecule has 0 spiro atoms. The monoisotopic (exact) mass is 376 g/mol. The maximum Gasteiger partial charge on any atom is 0.333 e. The summed E-state index contributed by atoms with van der Waals surface area (Å²) >= 11 is 0. The Morgan fingerprint density at radius 3 is 1.27 bits per heavy atom. The number of rotatable bonds is 17. The van der Waals surface area contributed by atoms with Crippen LogP contribution < -0.4 is 0 Å². The first-order valence-electron chi connectivity index (χ1n) is 10.2. The summed E-state index contributed by atoms with van der Waals surface area (Å²) in [4.78, 5) is 19.4. The Morgan fingerprint density at radius 2 is 1.04 bits per heavy atom. The smallest absolute Gasteiger partial charge is 0.333 e. The average molecular weight is 377 g/mol. The summed E-state index contributed by atoms with van der Waals surface area (Å²) in [6.45, 7) is 2.65. The van der Waals surface area contributed by atoms with Gasteiger partial charge in [0.1, 0.15) is 0 Å². The third-order valence-corrected chi connectivity index (χ3v) is 4.16. The number of hydrogen-bond donors (Lipinski definition) is 4. The van der Waals surface area contributed by atoms with E-state index in [2.05, 4.69) is 6.92 Å². The van der Waals surface area contributed by atoms with Crippen molar-refractivity contribution in [3.63, 3.8) is 0 Å². The van der Waals surface area contributed by atoms with E-state index in [4.69, 9.17) is 20.4 Å². The van der Waals surface area contributed by atoms with Gasteiger partial charge in [0.2, 0.25) is 0 Å². The van der Waals surface area contributed by atoms with Crippen LogP contribution in [0.15, 0.2) is 0 Å². The maximum atomic E-state index is 9.72. The van der Waals surface area contributed by atoms with Gasteiger partial charge in [-0.1, -0.05) is 90.4 Å². The van der Waals surface area contributed by atoms with Gasteiger partial charge in [-0.25, -0.2) is 4.79 Å². The first-order chi connectivity index (χ1) is 12.5. The van der Waals surface area contributed by atoms with Crippen LogP contribution in [-0.2, 0) is 9.59 Å². The molecular weight excluding hydrogens is 336 g/mol. The van der Waals surface area contributed by atoms with E-state index in [1.165, 1.54) is 83.5 Å². The summed E-state index contributed by atoms with van der Waals surface area (Å²) in [6.07, 6.45) is 16.7. The summed E-state index contributed by atoms with van der Waals surface area (Å²) in [7, 11) is 0. The molecule has 0 saturated heterocycles. The number of hydrogen-bond acceptors (Lipinski definition) is 4. The highest BCUT2D eigenvalue weighted by molar-refractivity contribution is 5.79. The zero-order valence-corrected chi connectivity index (χ0v) is 16.5. The lowest BCUT2D eigenvalue weighted by molar-refractivity contribution is -0.152. The van der Waals surface area contributed by atoms with E-state index in [0.29, 0.717) is 6.61 Å². The number of aliphatic hydroxyl groups excluding tert-OH is 2. The molecule has 0 rings (SSSR count). The number of aliphatic carboxylic acids is 2. The van der Waals surface area contributed by atoms with Gasteiger partial charge in [-0.2, -0.15) is 0 Å². The minimum Gasteiger partial charge on any atom is -0.481 e. The van der Waals surface area contributed by atoms with Gasteiger partial charge >= 0.3 is 11.9 Å². The van der Waals surface area contributed by atoms with Crippen molar-refractivity contribution in [3.05, 3.63) is 0 Å². The molecule has 1 atom stereocenters. The molecule has 0 heterocycles. The predicted molar refractivity (Wildman–Crippen MR) is 103 cm³/mol. The lowest BCUT2D eigenvalue weighted by Crippen LogP contribution is -2.22. The van der Waals surface area contributed by atoms with E-state index in [9.17, 15) is 9.59 Å². The molecule has 4 N–H and O–H groups in total. The van der Waals surface area contributed by atoms with Crippen LogP contribution in [0.5, 0.6) is 0 Å². The van der Waals surface area contributed by atoms with Gasteiger partial charge in [-0.15, -0.1) is 0 Å². The molecule has 0 saturated carbocycles. The summed E-state index contributed by atoms with van der Waals surface area (Å²) in [5, 5.41) is 32.8. The molecule has 0 aliphatic rings. The molecule has 0 amide bonds. The fraction of sp³-hybridized carbons (Fsp3) is 0.900. The molecule has 0 bridgehead atoms. The van der Waals surface area contributed by atoms with Crippen molar-refractivity contribution >= 4 is 11.9 Å². The molecule has 0 aliphatic carbocycles. The van der Waals surface area contributed by atoms with Gasteiger partial charge in [-0.3, -0.25) is 4.79 Å². The Balaban J connectivity index is 0. The van der Waals surface area contributed by atoms with E-state index in [1.54, 1.807) is 0 Å². The quantitative estimate of drug-likeness (QED) is 0.280. The van der Waals surface area contributed by atoms with Crippen LogP contribution >= 0.6 is 0 Å². The summed E-state index contributed by atoms with van der Waals surface area (Å²) in [6, 6.07) is 0. The molecule has 0 fully saturated rings. The highest BCUT2D eigenvalue weighted by Crippen LogP contribution is 2.12. The number of carbonyl (C=O) groups is 2. The maximum absolute atomic E-state index is 9.72.